The molecule has 2 heteroatoms. The minimum absolute atomic E-state index is 0.767. The molecule has 0 aromatic heterocycles. The SMILES string of the molecule is CC(C)C(CCNN)C(C)C. The van der Waals surface area contributed by atoms with Gasteiger partial charge in [0.05, 0.1) is 0 Å². The van der Waals surface area contributed by atoms with Crippen LogP contribution in [-0.4, -0.2) is 6.54 Å². The molecule has 3 N–H and O–H groups in total. The van der Waals surface area contributed by atoms with Gasteiger partial charge in [0.25, 0.3) is 0 Å². The second kappa shape index (κ2) is 5.56. The summed E-state index contributed by atoms with van der Waals surface area (Å²) in [5, 5.41) is 0. The lowest BCUT2D eigenvalue weighted by atomic mass is 9.83. The third-order valence-electron chi connectivity index (χ3n) is 2.33. The topological polar surface area (TPSA) is 38.0 Å². The normalized spacial score (nSPS) is 12.0. The van der Waals surface area contributed by atoms with E-state index in [4.69, 9.17) is 5.84 Å². The Kier molecular flexibility index (Phi) is 5.51. The van der Waals surface area contributed by atoms with E-state index < -0.39 is 0 Å². The average molecular weight is 158 g/mol. The second-order valence-electron chi connectivity index (χ2n) is 3.89. The van der Waals surface area contributed by atoms with Gasteiger partial charge in [0.1, 0.15) is 0 Å². The van der Waals surface area contributed by atoms with Gasteiger partial charge < -0.3 is 0 Å². The van der Waals surface area contributed by atoms with E-state index in [0.29, 0.717) is 0 Å². The lowest BCUT2D eigenvalue weighted by Gasteiger charge is -2.24. The van der Waals surface area contributed by atoms with Gasteiger partial charge in [-0.15, -0.1) is 0 Å². The highest BCUT2D eigenvalue weighted by Crippen LogP contribution is 2.23. The number of hydrogen-bond donors (Lipinski definition) is 2. The molecule has 0 radical (unpaired) electrons. The van der Waals surface area contributed by atoms with Crippen molar-refractivity contribution in [1.82, 2.24) is 5.43 Å². The maximum atomic E-state index is 5.23. The van der Waals surface area contributed by atoms with Crippen LogP contribution in [0.5, 0.6) is 0 Å². The van der Waals surface area contributed by atoms with Gasteiger partial charge in [-0.2, -0.15) is 0 Å². The highest BCUT2D eigenvalue weighted by molar-refractivity contribution is 4.67. The smallest absolute Gasteiger partial charge is 0.0100 e. The van der Waals surface area contributed by atoms with Crippen molar-refractivity contribution in [2.45, 2.75) is 34.1 Å². The summed E-state index contributed by atoms with van der Waals surface area (Å²) in [6, 6.07) is 0. The van der Waals surface area contributed by atoms with Crippen molar-refractivity contribution in [3.8, 4) is 0 Å². The quantitative estimate of drug-likeness (QED) is 0.472. The van der Waals surface area contributed by atoms with Crippen LogP contribution in [0.25, 0.3) is 0 Å². The summed E-state index contributed by atoms with van der Waals surface area (Å²) in [6.07, 6.45) is 1.19. The second-order valence-corrected chi connectivity index (χ2v) is 3.89. The van der Waals surface area contributed by atoms with Gasteiger partial charge in [0, 0.05) is 6.54 Å². The van der Waals surface area contributed by atoms with Crippen molar-refractivity contribution in [2.24, 2.45) is 23.6 Å². The molecule has 0 unspecified atom stereocenters. The molecule has 0 saturated heterocycles. The van der Waals surface area contributed by atoms with Crippen molar-refractivity contribution in [2.75, 3.05) is 6.54 Å². The van der Waals surface area contributed by atoms with Crippen LogP contribution < -0.4 is 11.3 Å². The minimum Gasteiger partial charge on any atom is -0.271 e. The minimum atomic E-state index is 0.767. The van der Waals surface area contributed by atoms with Crippen LogP contribution in [0.2, 0.25) is 0 Å². The van der Waals surface area contributed by atoms with Crippen molar-refractivity contribution >= 4 is 0 Å². The maximum absolute atomic E-state index is 5.23. The first-order valence-corrected chi connectivity index (χ1v) is 4.53. The molecule has 0 fully saturated rings. The molecule has 0 aromatic rings. The fraction of sp³-hybridized carbons (Fsp3) is 1.00. The predicted molar refractivity (Wildman–Crippen MR) is 50.0 cm³/mol. The van der Waals surface area contributed by atoms with E-state index in [0.717, 1.165) is 24.3 Å². The molecule has 0 aliphatic rings. The molecule has 0 saturated carbocycles. The van der Waals surface area contributed by atoms with E-state index >= 15 is 0 Å². The van der Waals surface area contributed by atoms with E-state index in [1.165, 1.54) is 6.42 Å². The van der Waals surface area contributed by atoms with Crippen LogP contribution in [0.3, 0.4) is 0 Å². The molecule has 0 rings (SSSR count). The molecular weight excluding hydrogens is 136 g/mol. The van der Waals surface area contributed by atoms with Crippen LogP contribution in [0.4, 0.5) is 0 Å². The highest BCUT2D eigenvalue weighted by Gasteiger charge is 2.15. The van der Waals surface area contributed by atoms with Crippen LogP contribution >= 0.6 is 0 Å². The first kappa shape index (κ1) is 10.9. The lowest BCUT2D eigenvalue weighted by Crippen LogP contribution is -2.27. The van der Waals surface area contributed by atoms with Gasteiger partial charge in [-0.25, -0.2) is 0 Å². The molecule has 0 atom stereocenters. The van der Waals surface area contributed by atoms with E-state index in [-0.39, 0.29) is 0 Å². The zero-order valence-electron chi connectivity index (χ0n) is 8.22. The Morgan fingerprint density at radius 3 is 1.82 bits per heavy atom. The first-order valence-electron chi connectivity index (χ1n) is 4.53. The Labute approximate surface area is 70.5 Å². The standard InChI is InChI=1S/C9H22N2/c1-7(2)9(8(3)4)5-6-11-10/h7-9,11H,5-6,10H2,1-4H3. The van der Waals surface area contributed by atoms with Gasteiger partial charge in [0.2, 0.25) is 0 Å². The van der Waals surface area contributed by atoms with Gasteiger partial charge in [-0.3, -0.25) is 11.3 Å². The first-order chi connectivity index (χ1) is 5.09. The van der Waals surface area contributed by atoms with Crippen molar-refractivity contribution in [3.05, 3.63) is 0 Å². The van der Waals surface area contributed by atoms with E-state index in [9.17, 15) is 0 Å². The molecule has 0 aromatic carbocycles. The van der Waals surface area contributed by atoms with Crippen LogP contribution in [0.1, 0.15) is 34.1 Å². The molecule has 68 valence electrons. The molecule has 0 aliphatic carbocycles. The highest BCUT2D eigenvalue weighted by atomic mass is 15.2. The molecule has 11 heavy (non-hydrogen) atoms. The van der Waals surface area contributed by atoms with Gasteiger partial charge in [-0.1, -0.05) is 27.7 Å². The Bertz CT molecular complexity index is 81.6. The predicted octanol–water partition coefficient (Wildman–Crippen LogP) is 1.77. The van der Waals surface area contributed by atoms with Crippen LogP contribution in [-0.2, 0) is 0 Å². The largest absolute Gasteiger partial charge is 0.271 e. The van der Waals surface area contributed by atoms with Crippen molar-refractivity contribution in [3.63, 3.8) is 0 Å². The zero-order valence-corrected chi connectivity index (χ0v) is 8.22. The Hall–Kier alpha value is -0.0800. The molecule has 2 nitrogen and oxygen atoms in total. The monoisotopic (exact) mass is 158 g/mol. The van der Waals surface area contributed by atoms with Crippen LogP contribution in [0, 0.1) is 17.8 Å². The van der Waals surface area contributed by atoms with E-state index in [1.54, 1.807) is 0 Å². The molecule has 0 bridgehead atoms. The average Bonchev–Trinajstić information content (AvgIpc) is 1.87. The lowest BCUT2D eigenvalue weighted by molar-refractivity contribution is 0.267. The Morgan fingerprint density at radius 1 is 1.09 bits per heavy atom. The maximum Gasteiger partial charge on any atom is 0.0100 e. The summed E-state index contributed by atoms with van der Waals surface area (Å²) in [6.45, 7) is 10.0. The molecule has 0 spiro atoms. The number of nitrogens with two attached hydrogens (primary N) is 1. The molecule has 0 heterocycles. The fourth-order valence-corrected chi connectivity index (χ4v) is 1.69. The number of hydrazine groups is 1. The Balaban J connectivity index is 3.70. The molecule has 0 aliphatic heterocycles. The number of nitrogens with one attached hydrogen (secondary N) is 1. The number of hydrogen-bond acceptors (Lipinski definition) is 2. The van der Waals surface area contributed by atoms with Crippen LogP contribution in [0.15, 0.2) is 0 Å². The van der Waals surface area contributed by atoms with Crippen molar-refractivity contribution < 1.29 is 0 Å². The summed E-state index contributed by atoms with van der Waals surface area (Å²) in [5.74, 6) is 7.56. The van der Waals surface area contributed by atoms with Crippen molar-refractivity contribution in [1.29, 1.82) is 0 Å². The summed E-state index contributed by atoms with van der Waals surface area (Å²) in [5.41, 5.74) is 2.71. The van der Waals surface area contributed by atoms with Gasteiger partial charge in [-0.05, 0) is 24.2 Å². The van der Waals surface area contributed by atoms with Gasteiger partial charge in [0.15, 0.2) is 0 Å². The fourth-order valence-electron chi connectivity index (χ4n) is 1.69. The summed E-state index contributed by atoms with van der Waals surface area (Å²) < 4.78 is 0. The third kappa shape index (κ3) is 4.38. The van der Waals surface area contributed by atoms with Gasteiger partial charge >= 0.3 is 0 Å². The molecule has 0 amide bonds. The number of rotatable bonds is 5. The van der Waals surface area contributed by atoms with E-state index in [1.807, 2.05) is 0 Å². The summed E-state index contributed by atoms with van der Waals surface area (Å²) >= 11 is 0. The Morgan fingerprint density at radius 2 is 1.55 bits per heavy atom. The molecular formula is C9H22N2. The van der Waals surface area contributed by atoms with E-state index in [2.05, 4.69) is 33.1 Å². The zero-order chi connectivity index (χ0) is 8.85. The third-order valence-corrected chi connectivity index (χ3v) is 2.33. The summed E-state index contributed by atoms with van der Waals surface area (Å²) in [4.78, 5) is 0. The summed E-state index contributed by atoms with van der Waals surface area (Å²) in [7, 11) is 0.